The van der Waals surface area contributed by atoms with Gasteiger partial charge in [0.1, 0.15) is 0 Å². The molecule has 12 heteroatoms. The van der Waals surface area contributed by atoms with Gasteiger partial charge in [0.15, 0.2) is 0 Å². The van der Waals surface area contributed by atoms with Crippen LogP contribution in [0.15, 0.2) is 23.0 Å². The fourth-order valence-corrected chi connectivity index (χ4v) is 7.59. The molecule has 8 N–H and O–H groups in total. The fourth-order valence-electron chi connectivity index (χ4n) is 7.59. The zero-order chi connectivity index (χ0) is 30.9. The Morgan fingerprint density at radius 2 is 1.93 bits per heavy atom. The van der Waals surface area contributed by atoms with E-state index in [-0.39, 0.29) is 34.6 Å². The first-order valence-electron chi connectivity index (χ1n) is 14.4. The van der Waals surface area contributed by atoms with Gasteiger partial charge in [0, 0.05) is 6.61 Å². The molecule has 1 aromatic rings. The zero-order valence-electron chi connectivity index (χ0n) is 24.9. The van der Waals surface area contributed by atoms with Gasteiger partial charge in [0.25, 0.3) is 0 Å². The molecule has 1 saturated carbocycles. The Bertz CT molecular complexity index is 1380. The Balaban J connectivity index is 1.60. The molecule has 4 aliphatic rings. The number of anilines is 1. The van der Waals surface area contributed by atoms with Gasteiger partial charge in [-0.15, -0.1) is 0 Å². The minimum atomic E-state index is -2.36. The molecule has 1 aliphatic heterocycles. The molecule has 1 radical (unpaired) electrons. The van der Waals surface area contributed by atoms with Crippen molar-refractivity contribution in [2.24, 2.45) is 23.5 Å². The van der Waals surface area contributed by atoms with E-state index in [2.05, 4.69) is 5.32 Å². The molecule has 0 amide bonds. The van der Waals surface area contributed by atoms with E-state index in [0.717, 1.165) is 37.4 Å². The Morgan fingerprint density at radius 1 is 1.24 bits per heavy atom. The third kappa shape index (κ3) is 4.69. The number of carbonyl (C=O) groups excluding carboxylic acids is 1. The third-order valence-corrected chi connectivity index (χ3v) is 9.35. The summed E-state index contributed by atoms with van der Waals surface area (Å²) >= 11 is 0. The van der Waals surface area contributed by atoms with E-state index in [9.17, 15) is 30.3 Å². The van der Waals surface area contributed by atoms with Gasteiger partial charge < -0.3 is 4.74 Å². The number of ether oxygens (including phenoxy) is 1. The van der Waals surface area contributed by atoms with Crippen LogP contribution in [-0.2, 0) is 22.5 Å². The molecular formula is C30H42BN4O7. The molecule has 2 fully saturated rings. The fraction of sp³-hybridized carbons (Fsp3) is 0.600. The van der Waals surface area contributed by atoms with Crippen LogP contribution in [0.1, 0.15) is 36.5 Å². The Morgan fingerprint density at radius 3 is 2.50 bits per heavy atom. The number of carbonyl (C=O) groups is 1. The molecule has 6 atom stereocenters. The average molecular weight is 581 g/mol. The number of likely N-dealkylation sites (N-methyl/N-ethyl adjacent to an activating group) is 1. The van der Waals surface area contributed by atoms with Gasteiger partial charge in [-0.1, -0.05) is 0 Å². The molecule has 5 rings (SSSR count). The maximum absolute atomic E-state index is 14.2. The number of benzene rings is 1. The van der Waals surface area contributed by atoms with Gasteiger partial charge in [0.05, 0.1) is 6.61 Å². The summed E-state index contributed by atoms with van der Waals surface area (Å²) < 4.78 is 5.47. The topological polar surface area (TPSA) is 172 Å². The molecule has 227 valence electrons. The van der Waals surface area contributed by atoms with E-state index in [1.165, 1.54) is 6.92 Å². The number of fused-ring (bicyclic) bond motifs is 3. The quantitative estimate of drug-likeness (QED) is 0.172. The van der Waals surface area contributed by atoms with Gasteiger partial charge in [-0.3, -0.25) is 0 Å². The van der Waals surface area contributed by atoms with E-state index in [4.69, 9.17) is 18.0 Å². The number of nitrogens with one attached hydrogen (secondary N) is 1. The number of nitrogens with zero attached hydrogens (tertiary/aromatic N) is 2. The van der Waals surface area contributed by atoms with Crippen molar-refractivity contribution in [3.63, 3.8) is 0 Å². The molecule has 0 bridgehead atoms. The number of nitrogens with two attached hydrogens (primary N) is 1. The standard InChI is InChI=1S/C30H42BN4O7/c1-29(32,40)22-26(38)24(35(4)5)18-9-15-8-17-21(25(37)20(15)28(39)30(18,41)27(22)31)19(36)10-16(23(17)34(2)3)12-33-11-14-6-7-42-13-14/h10,14-15,18,24,33,36-38,40-41H,6-9,11-13,32H2,1-5H3/t14?,15-,18-,24-,29?,30+/m0/s1. The molecular weight excluding hydrogens is 539 g/mol. The first-order chi connectivity index (χ1) is 19.6. The number of hydrogen-bond donors (Lipinski definition) is 7. The van der Waals surface area contributed by atoms with Gasteiger partial charge in [-0.25, -0.2) is 0 Å². The van der Waals surface area contributed by atoms with Crippen LogP contribution in [0.25, 0.3) is 5.76 Å². The Hall–Kier alpha value is -2.74. The second-order valence-corrected chi connectivity index (χ2v) is 12.8. The number of phenolic OH excluding ortho intramolecular Hbond substituents is 1. The van der Waals surface area contributed by atoms with Crippen molar-refractivity contribution in [3.8, 4) is 5.75 Å². The summed E-state index contributed by atoms with van der Waals surface area (Å²) in [5.74, 6) is -2.72. The van der Waals surface area contributed by atoms with Crippen LogP contribution < -0.4 is 16.0 Å². The number of phenols is 1. The van der Waals surface area contributed by atoms with Crippen LogP contribution in [-0.4, -0.2) is 114 Å². The summed E-state index contributed by atoms with van der Waals surface area (Å²) in [5, 5.41) is 60.3. The molecule has 1 heterocycles. The maximum atomic E-state index is 14.2. The summed E-state index contributed by atoms with van der Waals surface area (Å²) in [5.41, 5.74) is 3.16. The van der Waals surface area contributed by atoms with E-state index < -0.39 is 46.2 Å². The predicted octanol–water partition coefficient (Wildman–Crippen LogP) is 0.110. The van der Waals surface area contributed by atoms with Gasteiger partial charge in [0.2, 0.25) is 0 Å². The number of ketones is 1. The van der Waals surface area contributed by atoms with Crippen LogP contribution in [0.5, 0.6) is 5.75 Å². The summed E-state index contributed by atoms with van der Waals surface area (Å²) in [6.45, 7) is 3.95. The van der Waals surface area contributed by atoms with Crippen molar-refractivity contribution in [2.45, 2.75) is 50.1 Å². The minimum absolute atomic E-state index is 0.0359. The molecule has 11 nitrogen and oxygen atoms in total. The second-order valence-electron chi connectivity index (χ2n) is 12.8. The van der Waals surface area contributed by atoms with Gasteiger partial charge in [-0.2, -0.15) is 0 Å². The predicted molar refractivity (Wildman–Crippen MR) is 161 cm³/mol. The van der Waals surface area contributed by atoms with Gasteiger partial charge in [-0.05, 0) is 12.3 Å². The first-order valence-corrected chi connectivity index (χ1v) is 14.4. The van der Waals surface area contributed by atoms with Crippen molar-refractivity contribution in [2.75, 3.05) is 52.8 Å². The summed E-state index contributed by atoms with van der Waals surface area (Å²) in [4.78, 5) is 17.8. The zero-order valence-corrected chi connectivity index (χ0v) is 24.9. The number of rotatable bonds is 7. The van der Waals surface area contributed by atoms with Crippen LogP contribution in [0.2, 0.25) is 0 Å². The molecule has 3 aliphatic carbocycles. The number of aromatic hydroxyl groups is 1. The SMILES string of the molecule is [B]=C1C(C(C)(N)O)=C(O)[C@@H](N(C)C)[C@@H]2C[C@@H]3Cc4c(c(O)cc(CNCC5CCOC5)c4N(C)C)C(O)=C3C(=O)[C@]12O. The average Bonchev–Trinajstić information content (AvgIpc) is 3.38. The van der Waals surface area contributed by atoms with E-state index in [1.54, 1.807) is 25.1 Å². The van der Waals surface area contributed by atoms with Crippen molar-refractivity contribution < 1.29 is 35.1 Å². The number of aliphatic hydroxyl groups is 4. The normalized spacial score (nSPS) is 30.8. The van der Waals surface area contributed by atoms with Crippen molar-refractivity contribution in [3.05, 3.63) is 39.7 Å². The van der Waals surface area contributed by atoms with E-state index >= 15 is 0 Å². The van der Waals surface area contributed by atoms with Crippen LogP contribution in [0.3, 0.4) is 0 Å². The van der Waals surface area contributed by atoms with Crippen molar-refractivity contribution in [1.82, 2.24) is 10.2 Å². The van der Waals surface area contributed by atoms with Crippen LogP contribution in [0.4, 0.5) is 5.69 Å². The third-order valence-electron chi connectivity index (χ3n) is 9.35. The van der Waals surface area contributed by atoms with E-state index in [1.807, 2.05) is 19.0 Å². The van der Waals surface area contributed by atoms with Crippen LogP contribution in [0, 0.1) is 17.8 Å². The molecule has 42 heavy (non-hydrogen) atoms. The molecule has 0 spiro atoms. The molecule has 0 aromatic heterocycles. The summed E-state index contributed by atoms with van der Waals surface area (Å²) in [6, 6.07) is 0.709. The number of Topliss-reactive ketones (excluding diaryl/α,β-unsaturated/α-hetero) is 1. The monoisotopic (exact) mass is 581 g/mol. The first kappa shape index (κ1) is 30.7. The number of hydrogen-bond acceptors (Lipinski definition) is 11. The summed E-state index contributed by atoms with van der Waals surface area (Å²) in [6.07, 6.45) is 1.50. The van der Waals surface area contributed by atoms with Crippen molar-refractivity contribution in [1.29, 1.82) is 0 Å². The molecule has 1 aromatic carbocycles. The second kappa shape index (κ2) is 10.8. The summed E-state index contributed by atoms with van der Waals surface area (Å²) in [7, 11) is 13.5. The Kier molecular flexibility index (Phi) is 7.87. The number of aliphatic hydroxyl groups excluding tert-OH is 2. The van der Waals surface area contributed by atoms with E-state index in [0.29, 0.717) is 24.4 Å². The molecule has 1 saturated heterocycles. The van der Waals surface area contributed by atoms with Crippen LogP contribution >= 0.6 is 0 Å². The van der Waals surface area contributed by atoms with Crippen molar-refractivity contribution >= 4 is 30.2 Å². The Labute approximate surface area is 247 Å². The molecule has 2 unspecified atom stereocenters. The van der Waals surface area contributed by atoms with Gasteiger partial charge >= 0.3 is 217 Å².